The Morgan fingerprint density at radius 2 is 2.27 bits per heavy atom. The summed E-state index contributed by atoms with van der Waals surface area (Å²) in [5.74, 6) is -0.548. The van der Waals surface area contributed by atoms with E-state index < -0.39 is 18.3 Å². The third-order valence-electron chi connectivity index (χ3n) is 2.14. The van der Waals surface area contributed by atoms with E-state index in [0.29, 0.717) is 12.0 Å². The molecule has 0 radical (unpaired) electrons. The summed E-state index contributed by atoms with van der Waals surface area (Å²) in [6.07, 6.45) is -0.933. The van der Waals surface area contributed by atoms with E-state index >= 15 is 0 Å². The molecule has 3 heteroatoms. The van der Waals surface area contributed by atoms with Crippen molar-refractivity contribution in [3.05, 3.63) is 11.6 Å². The van der Waals surface area contributed by atoms with E-state index in [1.807, 2.05) is 0 Å². The van der Waals surface area contributed by atoms with Crippen LogP contribution in [0.5, 0.6) is 0 Å². The molecule has 0 aromatic heterocycles. The lowest BCUT2D eigenvalue weighted by molar-refractivity contribution is 0.0796. The van der Waals surface area contributed by atoms with Gasteiger partial charge in [-0.15, -0.1) is 0 Å². The molecular weight excluding hydrogens is 150 g/mol. The molecule has 1 aliphatic rings. The van der Waals surface area contributed by atoms with E-state index in [9.17, 15) is 8.78 Å². The summed E-state index contributed by atoms with van der Waals surface area (Å²) in [7, 11) is 0. The van der Waals surface area contributed by atoms with Crippen molar-refractivity contribution in [1.29, 1.82) is 0 Å². The SMILES string of the molecule is CC1=CCC(CO)C(F)C1F. The smallest absolute Gasteiger partial charge is 0.152 e. The molecule has 1 N–H and O–H groups in total. The summed E-state index contributed by atoms with van der Waals surface area (Å²) < 4.78 is 25.8. The molecule has 1 aliphatic carbocycles. The van der Waals surface area contributed by atoms with Crippen molar-refractivity contribution in [3.63, 3.8) is 0 Å². The van der Waals surface area contributed by atoms with Crippen LogP contribution in [0.2, 0.25) is 0 Å². The van der Waals surface area contributed by atoms with E-state index in [-0.39, 0.29) is 6.61 Å². The van der Waals surface area contributed by atoms with Crippen molar-refractivity contribution in [2.75, 3.05) is 6.61 Å². The van der Waals surface area contributed by atoms with Gasteiger partial charge < -0.3 is 5.11 Å². The monoisotopic (exact) mass is 162 g/mol. The van der Waals surface area contributed by atoms with Crippen molar-refractivity contribution in [1.82, 2.24) is 0 Å². The molecule has 0 aliphatic heterocycles. The number of halogens is 2. The summed E-state index contributed by atoms with van der Waals surface area (Å²) >= 11 is 0. The number of hydrogen-bond donors (Lipinski definition) is 1. The lowest BCUT2D eigenvalue weighted by atomic mass is 9.88. The second-order valence-corrected chi connectivity index (χ2v) is 2.97. The fourth-order valence-corrected chi connectivity index (χ4v) is 1.25. The van der Waals surface area contributed by atoms with Crippen LogP contribution in [0.25, 0.3) is 0 Å². The maximum absolute atomic E-state index is 12.9. The van der Waals surface area contributed by atoms with Crippen LogP contribution < -0.4 is 0 Å². The molecule has 3 unspecified atom stereocenters. The Balaban J connectivity index is 2.68. The number of alkyl halides is 2. The molecule has 0 fully saturated rings. The largest absolute Gasteiger partial charge is 0.396 e. The van der Waals surface area contributed by atoms with E-state index in [1.54, 1.807) is 13.0 Å². The molecule has 0 amide bonds. The Kier molecular flexibility index (Phi) is 2.60. The average molecular weight is 162 g/mol. The van der Waals surface area contributed by atoms with Crippen molar-refractivity contribution < 1.29 is 13.9 Å². The van der Waals surface area contributed by atoms with Crippen LogP contribution >= 0.6 is 0 Å². The van der Waals surface area contributed by atoms with Crippen molar-refractivity contribution in [3.8, 4) is 0 Å². The molecule has 0 spiro atoms. The van der Waals surface area contributed by atoms with Gasteiger partial charge in [0.15, 0.2) is 6.17 Å². The highest BCUT2D eigenvalue weighted by molar-refractivity contribution is 5.13. The fraction of sp³-hybridized carbons (Fsp3) is 0.750. The molecule has 1 rings (SSSR count). The molecule has 0 saturated heterocycles. The third-order valence-corrected chi connectivity index (χ3v) is 2.14. The zero-order chi connectivity index (χ0) is 8.43. The second-order valence-electron chi connectivity index (χ2n) is 2.97. The van der Waals surface area contributed by atoms with Crippen LogP contribution in [0.1, 0.15) is 13.3 Å². The van der Waals surface area contributed by atoms with Gasteiger partial charge in [-0.3, -0.25) is 0 Å². The van der Waals surface area contributed by atoms with E-state index in [4.69, 9.17) is 5.11 Å². The fourth-order valence-electron chi connectivity index (χ4n) is 1.25. The maximum Gasteiger partial charge on any atom is 0.152 e. The zero-order valence-electron chi connectivity index (χ0n) is 6.43. The van der Waals surface area contributed by atoms with Gasteiger partial charge in [0.05, 0.1) is 0 Å². The number of rotatable bonds is 1. The molecule has 1 nitrogen and oxygen atoms in total. The number of hydrogen-bond acceptors (Lipinski definition) is 1. The summed E-state index contributed by atoms with van der Waals surface area (Å²) in [6.45, 7) is 1.30. The molecule has 0 heterocycles. The summed E-state index contributed by atoms with van der Waals surface area (Å²) in [6, 6.07) is 0. The minimum absolute atomic E-state index is 0.272. The molecule has 3 atom stereocenters. The first-order chi connectivity index (χ1) is 5.16. The minimum Gasteiger partial charge on any atom is -0.396 e. The lowest BCUT2D eigenvalue weighted by Crippen LogP contribution is -2.32. The van der Waals surface area contributed by atoms with Gasteiger partial charge >= 0.3 is 0 Å². The number of aliphatic hydroxyl groups excluding tert-OH is 1. The Hall–Kier alpha value is -0.440. The predicted molar refractivity (Wildman–Crippen MR) is 38.7 cm³/mol. The zero-order valence-corrected chi connectivity index (χ0v) is 6.43. The predicted octanol–water partition coefficient (Wildman–Crippen LogP) is 1.62. The van der Waals surface area contributed by atoms with Gasteiger partial charge in [-0.1, -0.05) is 6.08 Å². The van der Waals surface area contributed by atoms with E-state index in [2.05, 4.69) is 0 Å². The summed E-state index contributed by atoms with van der Waals surface area (Å²) in [5.41, 5.74) is 0.446. The first kappa shape index (κ1) is 8.65. The topological polar surface area (TPSA) is 20.2 Å². The van der Waals surface area contributed by atoms with Gasteiger partial charge in [0.2, 0.25) is 0 Å². The first-order valence-corrected chi connectivity index (χ1v) is 3.72. The van der Waals surface area contributed by atoms with Crippen molar-refractivity contribution in [2.24, 2.45) is 5.92 Å². The summed E-state index contributed by atoms with van der Waals surface area (Å²) in [4.78, 5) is 0. The van der Waals surface area contributed by atoms with Gasteiger partial charge in [0, 0.05) is 12.5 Å². The standard InChI is InChI=1S/C8H12F2O/c1-5-2-3-6(4-11)8(10)7(5)9/h2,6-8,11H,3-4H2,1H3. The Morgan fingerprint density at radius 3 is 2.82 bits per heavy atom. The molecule has 0 saturated carbocycles. The van der Waals surface area contributed by atoms with Crippen LogP contribution in [0.4, 0.5) is 8.78 Å². The third kappa shape index (κ3) is 1.59. The Morgan fingerprint density at radius 1 is 1.64 bits per heavy atom. The molecule has 11 heavy (non-hydrogen) atoms. The normalized spacial score (nSPS) is 38.5. The Labute approximate surface area is 64.7 Å². The summed E-state index contributed by atoms with van der Waals surface area (Å²) in [5, 5.41) is 8.63. The second kappa shape index (κ2) is 3.30. The van der Waals surface area contributed by atoms with Crippen LogP contribution in [-0.4, -0.2) is 24.1 Å². The molecule has 0 aromatic rings. The van der Waals surface area contributed by atoms with Crippen molar-refractivity contribution in [2.45, 2.75) is 25.7 Å². The molecule has 0 aromatic carbocycles. The molecular formula is C8H12F2O. The highest BCUT2D eigenvalue weighted by atomic mass is 19.2. The van der Waals surface area contributed by atoms with E-state index in [1.165, 1.54) is 0 Å². The Bertz CT molecular complexity index is 167. The highest BCUT2D eigenvalue weighted by Gasteiger charge is 2.32. The van der Waals surface area contributed by atoms with Crippen LogP contribution in [0, 0.1) is 5.92 Å². The van der Waals surface area contributed by atoms with E-state index in [0.717, 1.165) is 0 Å². The highest BCUT2D eigenvalue weighted by Crippen LogP contribution is 2.28. The van der Waals surface area contributed by atoms with Gasteiger partial charge in [0.1, 0.15) is 6.17 Å². The van der Waals surface area contributed by atoms with Crippen LogP contribution in [-0.2, 0) is 0 Å². The quantitative estimate of drug-likeness (QED) is 0.581. The lowest BCUT2D eigenvalue weighted by Gasteiger charge is -2.26. The number of aliphatic hydroxyl groups is 1. The maximum atomic E-state index is 12.9. The number of allylic oxidation sites excluding steroid dienone is 2. The van der Waals surface area contributed by atoms with Gasteiger partial charge in [-0.25, -0.2) is 8.78 Å². The van der Waals surface area contributed by atoms with Gasteiger partial charge in [-0.05, 0) is 18.9 Å². The van der Waals surface area contributed by atoms with Gasteiger partial charge in [-0.2, -0.15) is 0 Å². The van der Waals surface area contributed by atoms with Gasteiger partial charge in [0.25, 0.3) is 0 Å². The van der Waals surface area contributed by atoms with Crippen LogP contribution in [0.3, 0.4) is 0 Å². The molecule has 0 bridgehead atoms. The minimum atomic E-state index is -1.52. The van der Waals surface area contributed by atoms with Crippen LogP contribution in [0.15, 0.2) is 11.6 Å². The first-order valence-electron chi connectivity index (χ1n) is 3.72. The average Bonchev–Trinajstić information content (AvgIpc) is 2.01. The molecule has 64 valence electrons. The van der Waals surface area contributed by atoms with Crippen molar-refractivity contribution >= 4 is 0 Å².